The van der Waals surface area contributed by atoms with Crippen molar-refractivity contribution in [3.05, 3.63) is 35.0 Å². The van der Waals surface area contributed by atoms with Gasteiger partial charge >= 0.3 is 0 Å². The van der Waals surface area contributed by atoms with Crippen LogP contribution < -0.4 is 5.32 Å². The maximum Gasteiger partial charge on any atom is 0.273 e. The highest BCUT2D eigenvalue weighted by atomic mass is 16.5. The Bertz CT molecular complexity index is 614. The maximum atomic E-state index is 12.1. The average molecular weight is 260 g/mol. The first-order valence-corrected chi connectivity index (χ1v) is 6.40. The molecule has 0 saturated carbocycles. The van der Waals surface area contributed by atoms with Crippen LogP contribution in [-0.4, -0.2) is 20.8 Å². The van der Waals surface area contributed by atoms with Crippen molar-refractivity contribution in [1.29, 1.82) is 0 Å². The van der Waals surface area contributed by atoms with Crippen LogP contribution in [0.5, 0.6) is 0 Å². The minimum atomic E-state index is -0.196. The van der Waals surface area contributed by atoms with E-state index >= 15 is 0 Å². The highest BCUT2D eigenvalue weighted by Crippen LogP contribution is 2.29. The van der Waals surface area contributed by atoms with Gasteiger partial charge in [0.15, 0.2) is 5.69 Å². The normalized spacial score (nSPS) is 18.1. The van der Waals surface area contributed by atoms with E-state index in [1.54, 1.807) is 13.0 Å². The third-order valence-electron chi connectivity index (χ3n) is 3.54. The molecular weight excluding hydrogens is 244 g/mol. The summed E-state index contributed by atoms with van der Waals surface area (Å²) in [5, 5.41) is 11.0. The van der Waals surface area contributed by atoms with Gasteiger partial charge in [0.05, 0.1) is 12.2 Å². The largest absolute Gasteiger partial charge is 0.361 e. The molecule has 0 bridgehead atoms. The van der Waals surface area contributed by atoms with Crippen molar-refractivity contribution in [1.82, 2.24) is 20.3 Å². The van der Waals surface area contributed by atoms with Crippen LogP contribution in [0.1, 0.15) is 46.4 Å². The van der Waals surface area contributed by atoms with Crippen molar-refractivity contribution in [3.8, 4) is 0 Å². The molecule has 6 heteroatoms. The molecule has 0 aromatic carbocycles. The third-order valence-corrected chi connectivity index (χ3v) is 3.54. The number of carbonyl (C=O) groups is 1. The maximum absolute atomic E-state index is 12.1. The molecule has 2 heterocycles. The van der Waals surface area contributed by atoms with E-state index in [1.165, 1.54) is 5.69 Å². The summed E-state index contributed by atoms with van der Waals surface area (Å²) in [6.45, 7) is 1.77. The summed E-state index contributed by atoms with van der Waals surface area (Å²) in [5.74, 6) is 0.439. The van der Waals surface area contributed by atoms with Crippen LogP contribution in [0.25, 0.3) is 0 Å². The number of aromatic nitrogens is 3. The molecular formula is C13H16N4O2. The van der Waals surface area contributed by atoms with Gasteiger partial charge in [0, 0.05) is 24.4 Å². The topological polar surface area (TPSA) is 73.0 Å². The number of rotatable bonds is 2. The van der Waals surface area contributed by atoms with Crippen LogP contribution in [0.3, 0.4) is 0 Å². The van der Waals surface area contributed by atoms with E-state index in [0.717, 1.165) is 24.8 Å². The Hall–Kier alpha value is -2.11. The molecule has 1 aliphatic rings. The Morgan fingerprint density at radius 3 is 3.16 bits per heavy atom. The van der Waals surface area contributed by atoms with Gasteiger partial charge in [-0.25, -0.2) is 0 Å². The standard InChI is InChI=1S/C13H16N4O2/c1-8-6-11(16-19-8)13(18)15-10-4-3-5-12-9(10)7-14-17(12)2/h6-7,10H,3-5H2,1-2H3,(H,15,18). The lowest BCUT2D eigenvalue weighted by molar-refractivity contribution is 0.0923. The van der Waals surface area contributed by atoms with Gasteiger partial charge in [-0.15, -0.1) is 0 Å². The molecule has 3 rings (SSSR count). The predicted octanol–water partition coefficient (Wildman–Crippen LogP) is 1.52. The summed E-state index contributed by atoms with van der Waals surface area (Å²) < 4.78 is 6.80. The van der Waals surface area contributed by atoms with Gasteiger partial charge in [-0.05, 0) is 26.2 Å². The fourth-order valence-electron chi connectivity index (χ4n) is 2.56. The van der Waals surface area contributed by atoms with E-state index in [4.69, 9.17) is 4.52 Å². The molecule has 6 nitrogen and oxygen atoms in total. The SMILES string of the molecule is Cc1cc(C(=O)NC2CCCc3c2cnn3C)no1. The molecule has 0 radical (unpaired) electrons. The number of amides is 1. The zero-order chi connectivity index (χ0) is 13.4. The smallest absolute Gasteiger partial charge is 0.273 e. The molecule has 100 valence electrons. The van der Waals surface area contributed by atoms with Crippen LogP contribution in [0, 0.1) is 6.92 Å². The van der Waals surface area contributed by atoms with Crippen molar-refractivity contribution in [2.24, 2.45) is 7.05 Å². The molecule has 2 aromatic heterocycles. The minimum absolute atomic E-state index is 0.0157. The van der Waals surface area contributed by atoms with Gasteiger partial charge in [-0.2, -0.15) is 5.10 Å². The summed E-state index contributed by atoms with van der Waals surface area (Å²) in [6.07, 6.45) is 4.84. The van der Waals surface area contributed by atoms with Gasteiger partial charge in [0.25, 0.3) is 5.91 Å². The van der Waals surface area contributed by atoms with E-state index in [9.17, 15) is 4.79 Å². The zero-order valence-corrected chi connectivity index (χ0v) is 11.0. The van der Waals surface area contributed by atoms with Crippen LogP contribution in [0.4, 0.5) is 0 Å². The number of hydrogen-bond donors (Lipinski definition) is 1. The highest BCUT2D eigenvalue weighted by molar-refractivity contribution is 5.92. The van der Waals surface area contributed by atoms with Crippen molar-refractivity contribution in [3.63, 3.8) is 0 Å². The molecule has 0 fully saturated rings. The summed E-state index contributed by atoms with van der Waals surface area (Å²) in [4.78, 5) is 12.1. The molecule has 1 amide bonds. The molecule has 1 unspecified atom stereocenters. The summed E-state index contributed by atoms with van der Waals surface area (Å²) >= 11 is 0. The number of carbonyl (C=O) groups excluding carboxylic acids is 1. The zero-order valence-electron chi connectivity index (χ0n) is 11.0. The van der Waals surface area contributed by atoms with Crippen molar-refractivity contribution >= 4 is 5.91 Å². The van der Waals surface area contributed by atoms with Crippen molar-refractivity contribution < 1.29 is 9.32 Å². The molecule has 0 spiro atoms. The first-order valence-electron chi connectivity index (χ1n) is 6.40. The lowest BCUT2D eigenvalue weighted by Gasteiger charge is -2.23. The number of fused-ring (bicyclic) bond motifs is 1. The molecule has 1 aliphatic carbocycles. The van der Waals surface area contributed by atoms with Crippen LogP contribution in [-0.2, 0) is 13.5 Å². The van der Waals surface area contributed by atoms with E-state index in [2.05, 4.69) is 15.6 Å². The average Bonchev–Trinajstić information content (AvgIpc) is 2.98. The van der Waals surface area contributed by atoms with Crippen molar-refractivity contribution in [2.45, 2.75) is 32.2 Å². The fraction of sp³-hybridized carbons (Fsp3) is 0.462. The van der Waals surface area contributed by atoms with Crippen LogP contribution >= 0.6 is 0 Å². The van der Waals surface area contributed by atoms with E-state index in [-0.39, 0.29) is 11.9 Å². The van der Waals surface area contributed by atoms with Gasteiger partial charge in [0.1, 0.15) is 5.76 Å². The van der Waals surface area contributed by atoms with Gasteiger partial charge in [0.2, 0.25) is 0 Å². The van der Waals surface area contributed by atoms with Crippen molar-refractivity contribution in [2.75, 3.05) is 0 Å². The van der Waals surface area contributed by atoms with Gasteiger partial charge in [-0.3, -0.25) is 9.48 Å². The molecule has 19 heavy (non-hydrogen) atoms. The molecule has 0 saturated heterocycles. The predicted molar refractivity (Wildman–Crippen MR) is 67.6 cm³/mol. The molecule has 1 N–H and O–H groups in total. The second-order valence-electron chi connectivity index (χ2n) is 4.91. The number of nitrogens with one attached hydrogen (secondary N) is 1. The lowest BCUT2D eigenvalue weighted by Crippen LogP contribution is -2.31. The van der Waals surface area contributed by atoms with E-state index in [0.29, 0.717) is 11.5 Å². The molecule has 0 aliphatic heterocycles. The summed E-state index contributed by atoms with van der Waals surface area (Å²) in [5.41, 5.74) is 2.64. The van der Waals surface area contributed by atoms with E-state index < -0.39 is 0 Å². The number of aryl methyl sites for hydroxylation is 2. The van der Waals surface area contributed by atoms with E-state index in [1.807, 2.05) is 17.9 Å². The summed E-state index contributed by atoms with van der Waals surface area (Å²) in [7, 11) is 1.93. The third kappa shape index (κ3) is 2.14. The van der Waals surface area contributed by atoms with Gasteiger partial charge < -0.3 is 9.84 Å². The number of hydrogen-bond acceptors (Lipinski definition) is 4. The van der Waals surface area contributed by atoms with Crippen LogP contribution in [0.2, 0.25) is 0 Å². The first-order chi connectivity index (χ1) is 9.15. The summed E-state index contributed by atoms with van der Waals surface area (Å²) in [6, 6.07) is 1.66. The number of nitrogens with zero attached hydrogens (tertiary/aromatic N) is 3. The Kier molecular flexibility index (Phi) is 2.85. The minimum Gasteiger partial charge on any atom is -0.361 e. The van der Waals surface area contributed by atoms with Gasteiger partial charge in [-0.1, -0.05) is 5.16 Å². The van der Waals surface area contributed by atoms with Crippen LogP contribution in [0.15, 0.2) is 16.8 Å². The Labute approximate surface area is 110 Å². The monoisotopic (exact) mass is 260 g/mol. The Balaban J connectivity index is 1.79. The molecule has 1 atom stereocenters. The Morgan fingerprint density at radius 1 is 1.58 bits per heavy atom. The molecule has 2 aromatic rings. The highest BCUT2D eigenvalue weighted by Gasteiger charge is 2.25. The second kappa shape index (κ2) is 4.53. The Morgan fingerprint density at radius 2 is 2.42 bits per heavy atom. The quantitative estimate of drug-likeness (QED) is 0.888. The fourth-order valence-corrected chi connectivity index (χ4v) is 2.56. The first kappa shape index (κ1) is 12.0. The lowest BCUT2D eigenvalue weighted by atomic mass is 9.93. The second-order valence-corrected chi connectivity index (χ2v) is 4.91.